The summed E-state index contributed by atoms with van der Waals surface area (Å²) in [6.07, 6.45) is 5.57. The Morgan fingerprint density at radius 2 is 1.70 bits per heavy atom. The van der Waals surface area contributed by atoms with Crippen molar-refractivity contribution in [3.05, 3.63) is 65.6 Å². The summed E-state index contributed by atoms with van der Waals surface area (Å²) >= 11 is 0. The predicted octanol–water partition coefficient (Wildman–Crippen LogP) is 2.58. The van der Waals surface area contributed by atoms with Gasteiger partial charge in [-0.05, 0) is 23.3 Å². The zero-order valence-electron chi connectivity index (χ0n) is 17.7. The first-order chi connectivity index (χ1) is 16.0. The van der Waals surface area contributed by atoms with E-state index in [1.165, 1.54) is 17.2 Å². The number of Topliss-reactive ketones (excluding diaryl/α,β-unsaturated/α-hetero) is 1. The maximum atomic E-state index is 14.7. The highest BCUT2D eigenvalue weighted by atomic mass is 19.1. The van der Waals surface area contributed by atoms with Crippen LogP contribution in [0.5, 0.6) is 0 Å². The molecule has 1 fully saturated rings. The normalized spacial score (nSPS) is 15.7. The molecule has 1 N–H and O–H groups in total. The van der Waals surface area contributed by atoms with Gasteiger partial charge in [0, 0.05) is 44.0 Å². The van der Waals surface area contributed by atoms with Crippen LogP contribution < -0.4 is 0 Å². The Kier molecular flexibility index (Phi) is 5.29. The smallest absolute Gasteiger partial charge is 0.295 e. The van der Waals surface area contributed by atoms with Gasteiger partial charge in [-0.2, -0.15) is 0 Å². The summed E-state index contributed by atoms with van der Waals surface area (Å²) in [5.41, 5.74) is 1.57. The number of nitrogens with one attached hydrogen (secondary N) is 1. The van der Waals surface area contributed by atoms with E-state index in [0.717, 1.165) is 0 Å². The highest BCUT2D eigenvalue weighted by Crippen LogP contribution is 2.31. The molecule has 2 amide bonds. The van der Waals surface area contributed by atoms with Gasteiger partial charge >= 0.3 is 0 Å². The molecule has 0 aliphatic carbocycles. The summed E-state index contributed by atoms with van der Waals surface area (Å²) in [5.74, 6) is -2.19. The van der Waals surface area contributed by atoms with Crippen molar-refractivity contribution in [3.8, 4) is 0 Å². The van der Waals surface area contributed by atoms with Gasteiger partial charge in [0.2, 0.25) is 0 Å². The third kappa shape index (κ3) is 3.71. The molecule has 1 saturated heterocycles. The average molecular weight is 446 g/mol. The average Bonchev–Trinajstić information content (AvgIpc) is 3.55. The Bertz CT molecular complexity index is 1320. The number of fused-ring (bicyclic) bond motifs is 1. The Labute approximate surface area is 188 Å². The van der Waals surface area contributed by atoms with Gasteiger partial charge in [0.1, 0.15) is 11.3 Å². The first-order valence-electron chi connectivity index (χ1n) is 10.7. The number of aromatic amines is 1. The number of nitrogens with zero attached hydrogens (tertiary/aromatic N) is 4. The van der Waals surface area contributed by atoms with Gasteiger partial charge in [-0.15, -0.1) is 0 Å². The molecule has 0 bridgehead atoms. The lowest BCUT2D eigenvalue weighted by Crippen LogP contribution is -2.52. The minimum absolute atomic E-state index is 0.0136. The van der Waals surface area contributed by atoms with Crippen LogP contribution in [-0.4, -0.2) is 75.7 Å². The van der Waals surface area contributed by atoms with E-state index in [2.05, 4.69) is 10.1 Å². The van der Waals surface area contributed by atoms with E-state index in [9.17, 15) is 18.8 Å². The predicted molar refractivity (Wildman–Crippen MR) is 121 cm³/mol. The minimum Gasteiger partial charge on any atom is -0.355 e. The molecule has 3 aromatic rings. The van der Waals surface area contributed by atoms with Gasteiger partial charge in [0.25, 0.3) is 23.3 Å². The number of carbonyl (C=O) groups is 3. The summed E-state index contributed by atoms with van der Waals surface area (Å²) in [6.45, 7) is 1.11. The molecule has 5 rings (SSSR count). The number of hydrogen-bond donors (Lipinski definition) is 1. The van der Waals surface area contributed by atoms with Crippen molar-refractivity contribution >= 4 is 46.6 Å². The van der Waals surface area contributed by atoms with Gasteiger partial charge in [-0.3, -0.25) is 14.4 Å². The Morgan fingerprint density at radius 1 is 0.970 bits per heavy atom. The standard InChI is InChI=1S/C24H20FN5O3/c25-18-7-8-19(30-10-4-9-27-30)21-20(18)17(15-26-21)22(31)24(33)29-13-11-28(12-14-29)23(32)16-5-2-1-3-6-16/h1-3,5-10,15H,4,11-14H2/p+1. The number of aromatic nitrogens is 1. The zero-order chi connectivity index (χ0) is 22.9. The number of ketones is 1. The maximum Gasteiger partial charge on any atom is 0.295 e. The van der Waals surface area contributed by atoms with Crippen molar-refractivity contribution < 1.29 is 23.5 Å². The fraction of sp³-hybridized carbons (Fsp3) is 0.208. The second kappa shape index (κ2) is 8.42. The van der Waals surface area contributed by atoms with Crippen molar-refractivity contribution in [3.63, 3.8) is 0 Å². The molecule has 0 spiro atoms. The van der Waals surface area contributed by atoms with E-state index in [4.69, 9.17) is 0 Å². The molecule has 3 heterocycles. The van der Waals surface area contributed by atoms with Gasteiger partial charge in [0.15, 0.2) is 6.21 Å². The Morgan fingerprint density at radius 3 is 2.39 bits per heavy atom. The molecular formula is C24H21FN5O3+. The maximum absolute atomic E-state index is 14.7. The second-order valence-electron chi connectivity index (χ2n) is 7.86. The second-order valence-corrected chi connectivity index (χ2v) is 7.86. The molecular weight excluding hydrogens is 425 g/mol. The largest absolute Gasteiger partial charge is 0.355 e. The van der Waals surface area contributed by atoms with E-state index >= 15 is 0 Å². The number of piperazine rings is 1. The van der Waals surface area contributed by atoms with Crippen molar-refractivity contribution in [1.29, 1.82) is 0 Å². The van der Waals surface area contributed by atoms with E-state index in [-0.39, 0.29) is 29.9 Å². The number of rotatable bonds is 4. The first-order valence-corrected chi connectivity index (χ1v) is 10.7. The van der Waals surface area contributed by atoms with Crippen LogP contribution in [0.1, 0.15) is 27.1 Å². The van der Waals surface area contributed by atoms with Crippen LogP contribution in [0.2, 0.25) is 0 Å². The first kappa shape index (κ1) is 20.7. The summed E-state index contributed by atoms with van der Waals surface area (Å²) < 4.78 is 16.3. The Hall–Kier alpha value is -4.14. The van der Waals surface area contributed by atoms with E-state index in [1.807, 2.05) is 12.3 Å². The molecule has 0 saturated carbocycles. The summed E-state index contributed by atoms with van der Waals surface area (Å²) in [5, 5.41) is 4.28. The van der Waals surface area contributed by atoms with Crippen LogP contribution in [0.15, 0.2) is 53.8 Å². The molecule has 2 aromatic carbocycles. The molecule has 0 atom stereocenters. The van der Waals surface area contributed by atoms with E-state index in [0.29, 0.717) is 36.3 Å². The molecule has 33 heavy (non-hydrogen) atoms. The van der Waals surface area contributed by atoms with Crippen LogP contribution in [0.25, 0.3) is 10.9 Å². The monoisotopic (exact) mass is 446 g/mol. The quantitative estimate of drug-likeness (QED) is 0.380. The highest BCUT2D eigenvalue weighted by Gasteiger charge is 2.32. The molecule has 9 heteroatoms. The van der Waals surface area contributed by atoms with Gasteiger partial charge in [-0.25, -0.2) is 4.39 Å². The fourth-order valence-electron chi connectivity index (χ4n) is 4.19. The number of carbonyl (C=O) groups excluding carboxylic acids is 3. The van der Waals surface area contributed by atoms with Gasteiger partial charge < -0.3 is 14.8 Å². The number of hydrogen-bond acceptors (Lipinski definition) is 4. The molecule has 1 aromatic heterocycles. The third-order valence-electron chi connectivity index (χ3n) is 5.91. The summed E-state index contributed by atoms with van der Waals surface area (Å²) in [7, 11) is 0. The number of hydrazone groups is 1. The molecule has 0 unspecified atom stereocenters. The number of amides is 2. The van der Waals surface area contributed by atoms with Crippen LogP contribution >= 0.6 is 0 Å². The zero-order valence-corrected chi connectivity index (χ0v) is 17.7. The Balaban J connectivity index is 1.33. The van der Waals surface area contributed by atoms with Crippen LogP contribution in [0, 0.1) is 5.82 Å². The minimum atomic E-state index is -0.783. The van der Waals surface area contributed by atoms with Crippen LogP contribution in [0.4, 0.5) is 10.1 Å². The van der Waals surface area contributed by atoms with E-state index < -0.39 is 17.5 Å². The van der Waals surface area contributed by atoms with Crippen LogP contribution in [-0.2, 0) is 4.79 Å². The highest BCUT2D eigenvalue weighted by molar-refractivity contribution is 6.45. The molecule has 2 aliphatic heterocycles. The number of benzene rings is 2. The third-order valence-corrected chi connectivity index (χ3v) is 5.91. The van der Waals surface area contributed by atoms with Crippen molar-refractivity contribution in [2.45, 2.75) is 6.42 Å². The van der Waals surface area contributed by atoms with Crippen molar-refractivity contribution in [2.75, 3.05) is 26.2 Å². The molecule has 0 radical (unpaired) electrons. The SMILES string of the molecule is O=C(C(=O)N1CCN(C(=O)c2ccccc2)CC1)c1c[nH]c2c([N+]3=CCC=N3)ccc(F)c12. The van der Waals surface area contributed by atoms with Gasteiger partial charge in [0.05, 0.1) is 23.6 Å². The number of halogens is 1. The fourth-order valence-corrected chi connectivity index (χ4v) is 4.19. The van der Waals surface area contributed by atoms with Gasteiger partial charge in [-0.1, -0.05) is 22.9 Å². The molecule has 166 valence electrons. The summed E-state index contributed by atoms with van der Waals surface area (Å²) in [4.78, 5) is 44.6. The molecule has 2 aliphatic rings. The van der Waals surface area contributed by atoms with E-state index in [1.54, 1.807) is 46.1 Å². The number of H-pyrrole nitrogens is 1. The topological polar surface area (TPSA) is 88.9 Å². The lowest BCUT2D eigenvalue weighted by atomic mass is 10.1. The van der Waals surface area contributed by atoms with Crippen molar-refractivity contribution in [2.24, 2.45) is 5.10 Å². The lowest BCUT2D eigenvalue weighted by molar-refractivity contribution is -0.435. The summed E-state index contributed by atoms with van der Waals surface area (Å²) in [6, 6.07) is 11.8. The van der Waals surface area contributed by atoms with Crippen molar-refractivity contribution in [1.82, 2.24) is 14.8 Å². The molecule has 8 nitrogen and oxygen atoms in total. The lowest BCUT2D eigenvalue weighted by Gasteiger charge is -2.34. The van der Waals surface area contributed by atoms with Crippen LogP contribution in [0.3, 0.4) is 0 Å².